The van der Waals surface area contributed by atoms with Crippen LogP contribution in [0.15, 0.2) is 16.6 Å². The van der Waals surface area contributed by atoms with Crippen LogP contribution in [0, 0.1) is 6.92 Å². The number of aryl methyl sites for hydroxylation is 1. The van der Waals surface area contributed by atoms with Gasteiger partial charge in [0.1, 0.15) is 6.10 Å². The van der Waals surface area contributed by atoms with Gasteiger partial charge in [0.2, 0.25) is 0 Å². The van der Waals surface area contributed by atoms with Gasteiger partial charge in [-0.2, -0.15) is 0 Å². The quantitative estimate of drug-likeness (QED) is 0.787. The molecule has 1 aromatic rings. The van der Waals surface area contributed by atoms with Gasteiger partial charge in [0.25, 0.3) is 0 Å². The largest absolute Gasteiger partial charge is 0.478 e. The van der Waals surface area contributed by atoms with Crippen LogP contribution in [0.5, 0.6) is 0 Å². The van der Waals surface area contributed by atoms with Gasteiger partial charge in [0.05, 0.1) is 11.1 Å². The molecule has 0 heterocycles. The predicted molar refractivity (Wildman–Crippen MR) is 80.2 cm³/mol. The average molecular weight is 343 g/mol. The van der Waals surface area contributed by atoms with E-state index in [1.165, 1.54) is 12.1 Å². The van der Waals surface area contributed by atoms with Crippen LogP contribution in [0.1, 0.15) is 59.4 Å². The Bertz CT molecular complexity index is 511. The Hall–Kier alpha value is -1.36. The second kappa shape index (κ2) is 7.43. The maximum Gasteiger partial charge on any atom is 0.339 e. The molecule has 0 spiro atoms. The highest BCUT2D eigenvalue weighted by Gasteiger charge is 2.21. The van der Waals surface area contributed by atoms with Gasteiger partial charge >= 0.3 is 11.9 Å². The minimum Gasteiger partial charge on any atom is -0.478 e. The van der Waals surface area contributed by atoms with Gasteiger partial charge in [-0.25, -0.2) is 9.59 Å². The summed E-state index contributed by atoms with van der Waals surface area (Å²) in [6, 6.07) is 2.99. The lowest BCUT2D eigenvalue weighted by Gasteiger charge is -2.16. The first-order valence-electron chi connectivity index (χ1n) is 6.65. The zero-order chi connectivity index (χ0) is 15.3. The maximum absolute atomic E-state index is 12.2. The third kappa shape index (κ3) is 4.07. The van der Waals surface area contributed by atoms with Crippen molar-refractivity contribution in [2.75, 3.05) is 0 Å². The van der Waals surface area contributed by atoms with E-state index >= 15 is 0 Å². The van der Waals surface area contributed by atoms with E-state index in [2.05, 4.69) is 15.9 Å². The van der Waals surface area contributed by atoms with Crippen molar-refractivity contribution in [1.29, 1.82) is 0 Å². The van der Waals surface area contributed by atoms with Crippen LogP contribution in [0.25, 0.3) is 0 Å². The Labute approximate surface area is 127 Å². The zero-order valence-corrected chi connectivity index (χ0v) is 13.5. The minimum absolute atomic E-state index is 0.0259. The van der Waals surface area contributed by atoms with E-state index in [0.29, 0.717) is 4.47 Å². The van der Waals surface area contributed by atoms with Crippen LogP contribution >= 0.6 is 15.9 Å². The molecule has 110 valence electrons. The lowest BCUT2D eigenvalue weighted by molar-refractivity contribution is 0.0266. The molecule has 1 N–H and O–H groups in total. The number of esters is 1. The Kier molecular flexibility index (Phi) is 6.20. The molecule has 1 rings (SSSR count). The number of halogens is 1. The molecule has 0 aromatic heterocycles. The first-order valence-corrected chi connectivity index (χ1v) is 7.44. The average Bonchev–Trinajstić information content (AvgIpc) is 2.40. The van der Waals surface area contributed by atoms with Crippen molar-refractivity contribution in [3.8, 4) is 0 Å². The monoisotopic (exact) mass is 342 g/mol. The molecular formula is C15H19BrO4. The lowest BCUT2D eigenvalue weighted by Crippen LogP contribution is -2.19. The molecule has 0 fully saturated rings. The molecule has 0 aliphatic carbocycles. The number of carboxylic acid groups (broad SMARTS) is 1. The molecule has 0 aliphatic heterocycles. The van der Waals surface area contributed by atoms with Gasteiger partial charge in [0, 0.05) is 4.47 Å². The number of aromatic carboxylic acids is 1. The van der Waals surface area contributed by atoms with E-state index in [1.54, 1.807) is 6.92 Å². The number of ether oxygens (including phenoxy) is 1. The molecule has 1 atom stereocenters. The molecule has 0 saturated carbocycles. The summed E-state index contributed by atoms with van der Waals surface area (Å²) >= 11 is 3.31. The van der Waals surface area contributed by atoms with Crippen LogP contribution in [0.4, 0.5) is 0 Å². The second-order valence-corrected chi connectivity index (χ2v) is 5.53. The number of hydrogen-bond donors (Lipinski definition) is 1. The topological polar surface area (TPSA) is 63.6 Å². The molecule has 0 saturated heterocycles. The van der Waals surface area contributed by atoms with Crippen LogP contribution in [0.2, 0.25) is 0 Å². The number of carbonyl (C=O) groups is 2. The molecule has 0 bridgehead atoms. The van der Waals surface area contributed by atoms with Crippen molar-refractivity contribution in [3.05, 3.63) is 33.3 Å². The molecule has 1 aromatic carbocycles. The van der Waals surface area contributed by atoms with Crippen molar-refractivity contribution >= 4 is 27.9 Å². The fraction of sp³-hybridized carbons (Fsp3) is 0.467. The molecule has 1 unspecified atom stereocenters. The fourth-order valence-electron chi connectivity index (χ4n) is 1.91. The second-order valence-electron chi connectivity index (χ2n) is 4.68. The summed E-state index contributed by atoms with van der Waals surface area (Å²) in [5.41, 5.74) is 0.825. The first-order chi connectivity index (χ1) is 9.40. The molecule has 0 amide bonds. The number of carbonyl (C=O) groups excluding carboxylic acids is 1. The third-order valence-corrected chi connectivity index (χ3v) is 3.94. The summed E-state index contributed by atoms with van der Waals surface area (Å²) in [5, 5.41) is 9.20. The molecule has 20 heavy (non-hydrogen) atoms. The molecular weight excluding hydrogens is 324 g/mol. The molecule has 0 aliphatic rings. The predicted octanol–water partition coefficient (Wildman–Crippen LogP) is 4.19. The van der Waals surface area contributed by atoms with Crippen molar-refractivity contribution in [1.82, 2.24) is 0 Å². The van der Waals surface area contributed by atoms with Crippen molar-refractivity contribution in [2.24, 2.45) is 0 Å². The highest BCUT2D eigenvalue weighted by atomic mass is 79.9. The smallest absolute Gasteiger partial charge is 0.339 e. The van der Waals surface area contributed by atoms with Crippen LogP contribution in [-0.2, 0) is 4.74 Å². The standard InChI is InChI=1S/C15H19BrO4/c1-4-6-10(5-2)20-15(19)12-8-13(16)9(3)7-11(12)14(17)18/h7-8,10H,4-6H2,1-3H3,(H,17,18). The Morgan fingerprint density at radius 2 is 1.95 bits per heavy atom. The highest BCUT2D eigenvalue weighted by Crippen LogP contribution is 2.23. The van der Waals surface area contributed by atoms with Crippen LogP contribution in [0.3, 0.4) is 0 Å². The van der Waals surface area contributed by atoms with E-state index < -0.39 is 11.9 Å². The number of rotatable bonds is 6. The number of hydrogen-bond acceptors (Lipinski definition) is 3. The normalized spacial score (nSPS) is 12.0. The van der Waals surface area contributed by atoms with Gasteiger partial charge in [-0.05, 0) is 37.5 Å². The summed E-state index contributed by atoms with van der Waals surface area (Å²) < 4.78 is 6.08. The zero-order valence-electron chi connectivity index (χ0n) is 11.9. The first kappa shape index (κ1) is 16.7. The Morgan fingerprint density at radius 1 is 1.30 bits per heavy atom. The van der Waals surface area contributed by atoms with E-state index in [-0.39, 0.29) is 17.2 Å². The minimum atomic E-state index is -1.13. The Morgan fingerprint density at radius 3 is 2.45 bits per heavy atom. The fourth-order valence-corrected chi connectivity index (χ4v) is 2.25. The van der Waals surface area contributed by atoms with E-state index in [0.717, 1.165) is 24.8 Å². The lowest BCUT2D eigenvalue weighted by atomic mass is 10.0. The Balaban J connectivity index is 3.08. The molecule has 4 nitrogen and oxygen atoms in total. The van der Waals surface area contributed by atoms with Gasteiger partial charge in [-0.15, -0.1) is 0 Å². The van der Waals surface area contributed by atoms with Gasteiger partial charge in [-0.3, -0.25) is 0 Å². The summed E-state index contributed by atoms with van der Waals surface area (Å²) in [5.74, 6) is -1.71. The van der Waals surface area contributed by atoms with Gasteiger partial charge < -0.3 is 9.84 Å². The number of benzene rings is 1. The van der Waals surface area contributed by atoms with Crippen molar-refractivity contribution < 1.29 is 19.4 Å². The molecule has 0 radical (unpaired) electrons. The maximum atomic E-state index is 12.2. The summed E-state index contributed by atoms with van der Waals surface area (Å²) in [7, 11) is 0. The SMILES string of the molecule is CCCC(CC)OC(=O)c1cc(Br)c(C)cc1C(=O)O. The number of carboxylic acids is 1. The third-order valence-electron chi connectivity index (χ3n) is 3.09. The van der Waals surface area contributed by atoms with Crippen molar-refractivity contribution in [2.45, 2.75) is 46.1 Å². The summed E-state index contributed by atoms with van der Waals surface area (Å²) in [6.45, 7) is 5.73. The highest BCUT2D eigenvalue weighted by molar-refractivity contribution is 9.10. The van der Waals surface area contributed by atoms with E-state index in [9.17, 15) is 14.7 Å². The van der Waals surface area contributed by atoms with E-state index in [1.807, 2.05) is 13.8 Å². The van der Waals surface area contributed by atoms with E-state index in [4.69, 9.17) is 4.74 Å². The van der Waals surface area contributed by atoms with Crippen LogP contribution < -0.4 is 0 Å². The summed E-state index contributed by atoms with van der Waals surface area (Å²) in [6.07, 6.45) is 2.23. The summed E-state index contributed by atoms with van der Waals surface area (Å²) in [4.78, 5) is 23.4. The van der Waals surface area contributed by atoms with Crippen molar-refractivity contribution in [3.63, 3.8) is 0 Å². The molecule has 5 heteroatoms. The van der Waals surface area contributed by atoms with Gasteiger partial charge in [0.15, 0.2) is 0 Å². The van der Waals surface area contributed by atoms with Crippen LogP contribution in [-0.4, -0.2) is 23.1 Å². The van der Waals surface area contributed by atoms with Gasteiger partial charge in [-0.1, -0.05) is 36.2 Å².